The number of rotatable bonds is 5. The van der Waals surface area contributed by atoms with E-state index < -0.39 is 0 Å². The first kappa shape index (κ1) is 15.5. The number of halogens is 1. The van der Waals surface area contributed by atoms with Gasteiger partial charge in [-0.3, -0.25) is 9.88 Å². The van der Waals surface area contributed by atoms with Gasteiger partial charge >= 0.3 is 0 Å². The van der Waals surface area contributed by atoms with Crippen molar-refractivity contribution in [1.29, 1.82) is 0 Å². The fourth-order valence-electron chi connectivity index (χ4n) is 2.20. The van der Waals surface area contributed by atoms with Crippen molar-refractivity contribution >= 4 is 17.2 Å². The lowest BCUT2D eigenvalue weighted by atomic mass is 10.1. The summed E-state index contributed by atoms with van der Waals surface area (Å²) in [6.45, 7) is 3.07. The zero-order chi connectivity index (χ0) is 15.4. The molecule has 2 aromatic rings. The zero-order valence-corrected chi connectivity index (χ0v) is 13.0. The van der Waals surface area contributed by atoms with Crippen molar-refractivity contribution in [1.82, 2.24) is 9.88 Å². The predicted molar refractivity (Wildman–Crippen MR) is 86.4 cm³/mol. The minimum Gasteiger partial charge on any atom is -0.389 e. The van der Waals surface area contributed by atoms with Crippen LogP contribution in [0.5, 0.6) is 0 Å². The van der Waals surface area contributed by atoms with Crippen molar-refractivity contribution in [2.75, 3.05) is 7.05 Å². The zero-order valence-electron chi connectivity index (χ0n) is 12.1. The molecule has 0 fully saturated rings. The Morgan fingerprint density at radius 1 is 1.24 bits per heavy atom. The molecule has 0 aliphatic rings. The molecule has 0 unspecified atom stereocenters. The van der Waals surface area contributed by atoms with Gasteiger partial charge in [0.05, 0.1) is 5.69 Å². The third-order valence-electron chi connectivity index (χ3n) is 3.16. The molecule has 21 heavy (non-hydrogen) atoms. The lowest BCUT2D eigenvalue weighted by Crippen LogP contribution is -2.20. The summed E-state index contributed by atoms with van der Waals surface area (Å²) in [5, 5.41) is 0. The topological polar surface area (TPSA) is 42.1 Å². The quantitative estimate of drug-likeness (QED) is 0.863. The van der Waals surface area contributed by atoms with E-state index in [4.69, 9.17) is 18.0 Å². The highest BCUT2D eigenvalue weighted by Crippen LogP contribution is 2.15. The number of thiocarbonyl (C=S) groups is 1. The van der Waals surface area contributed by atoms with Crippen LogP contribution in [0.25, 0.3) is 0 Å². The monoisotopic (exact) mass is 303 g/mol. The fraction of sp³-hybridized carbons (Fsp3) is 0.250. The van der Waals surface area contributed by atoms with Crippen LogP contribution in [0.2, 0.25) is 0 Å². The lowest BCUT2D eigenvalue weighted by molar-refractivity contribution is 0.309. The average molecular weight is 303 g/mol. The van der Waals surface area contributed by atoms with Gasteiger partial charge in [-0.25, -0.2) is 4.39 Å². The standard InChI is InChI=1S/C16H18FN3S/c1-11-5-3-7-13(19-11)10-20(2)9-12-6-4-8-14(15(12)17)16(18)21/h3-8H,9-10H2,1-2H3,(H2,18,21). The molecule has 0 spiro atoms. The molecule has 1 heterocycles. The molecule has 3 nitrogen and oxygen atoms in total. The Morgan fingerprint density at radius 2 is 1.95 bits per heavy atom. The van der Waals surface area contributed by atoms with Crippen molar-refractivity contribution in [3.8, 4) is 0 Å². The minimum absolute atomic E-state index is 0.0809. The van der Waals surface area contributed by atoms with E-state index >= 15 is 0 Å². The van der Waals surface area contributed by atoms with Crippen molar-refractivity contribution in [2.45, 2.75) is 20.0 Å². The first-order valence-corrected chi connectivity index (χ1v) is 7.06. The van der Waals surface area contributed by atoms with Crippen molar-refractivity contribution in [2.24, 2.45) is 5.73 Å². The molecule has 0 radical (unpaired) electrons. The number of pyridine rings is 1. The normalized spacial score (nSPS) is 10.9. The Bertz CT molecular complexity index is 658. The number of hydrogen-bond donors (Lipinski definition) is 1. The molecule has 0 aliphatic carbocycles. The minimum atomic E-state index is -0.339. The van der Waals surface area contributed by atoms with Crippen LogP contribution in [0.4, 0.5) is 4.39 Å². The molecule has 1 aromatic carbocycles. The summed E-state index contributed by atoms with van der Waals surface area (Å²) in [5.74, 6) is -0.339. The molecule has 1 aromatic heterocycles. The van der Waals surface area contributed by atoms with Gasteiger partial charge in [0.25, 0.3) is 0 Å². The van der Waals surface area contributed by atoms with E-state index in [1.54, 1.807) is 18.2 Å². The van der Waals surface area contributed by atoms with E-state index in [-0.39, 0.29) is 10.8 Å². The Labute approximate surface area is 129 Å². The molecule has 2 rings (SSSR count). The highest BCUT2D eigenvalue weighted by Gasteiger charge is 2.12. The Balaban J connectivity index is 2.11. The van der Waals surface area contributed by atoms with Crippen LogP contribution >= 0.6 is 12.2 Å². The van der Waals surface area contributed by atoms with Gasteiger partial charge in [0.2, 0.25) is 0 Å². The van der Waals surface area contributed by atoms with Crippen LogP contribution < -0.4 is 5.73 Å². The first-order valence-electron chi connectivity index (χ1n) is 6.65. The third-order valence-corrected chi connectivity index (χ3v) is 3.38. The van der Waals surface area contributed by atoms with Gasteiger partial charge in [0, 0.05) is 29.9 Å². The van der Waals surface area contributed by atoms with Crippen LogP contribution in [0.3, 0.4) is 0 Å². The number of aromatic nitrogens is 1. The molecule has 0 atom stereocenters. The fourth-order valence-corrected chi connectivity index (χ4v) is 2.36. The van der Waals surface area contributed by atoms with Gasteiger partial charge in [-0.2, -0.15) is 0 Å². The number of nitrogens with zero attached hydrogens (tertiary/aromatic N) is 2. The highest BCUT2D eigenvalue weighted by atomic mass is 32.1. The molecule has 2 N–H and O–H groups in total. The van der Waals surface area contributed by atoms with Gasteiger partial charge in [0.15, 0.2) is 0 Å². The van der Waals surface area contributed by atoms with Crippen LogP contribution in [-0.2, 0) is 13.1 Å². The SMILES string of the molecule is Cc1cccc(CN(C)Cc2cccc(C(N)=S)c2F)n1. The summed E-state index contributed by atoms with van der Waals surface area (Å²) >= 11 is 4.86. The van der Waals surface area contributed by atoms with Crippen LogP contribution in [0.1, 0.15) is 22.5 Å². The Kier molecular flexibility index (Phi) is 4.98. The number of hydrogen-bond acceptors (Lipinski definition) is 3. The summed E-state index contributed by atoms with van der Waals surface area (Å²) in [4.78, 5) is 6.53. The molecule has 0 bridgehead atoms. The molecule has 5 heteroatoms. The molecule has 0 saturated heterocycles. The summed E-state index contributed by atoms with van der Waals surface area (Å²) in [6, 6.07) is 11.0. The largest absolute Gasteiger partial charge is 0.389 e. The van der Waals surface area contributed by atoms with Crippen molar-refractivity contribution in [3.63, 3.8) is 0 Å². The number of benzene rings is 1. The van der Waals surface area contributed by atoms with Crippen molar-refractivity contribution < 1.29 is 4.39 Å². The van der Waals surface area contributed by atoms with Crippen LogP contribution in [0, 0.1) is 12.7 Å². The Hall–Kier alpha value is -1.85. The van der Waals surface area contributed by atoms with E-state index in [1.807, 2.05) is 37.1 Å². The third kappa shape index (κ3) is 4.06. The first-order chi connectivity index (χ1) is 9.97. The summed E-state index contributed by atoms with van der Waals surface area (Å²) in [7, 11) is 1.93. The number of nitrogens with two attached hydrogens (primary N) is 1. The average Bonchev–Trinajstić information content (AvgIpc) is 2.40. The van der Waals surface area contributed by atoms with Gasteiger partial charge in [-0.15, -0.1) is 0 Å². The van der Waals surface area contributed by atoms with Gasteiger partial charge < -0.3 is 5.73 Å². The van der Waals surface area contributed by atoms with Gasteiger partial charge in [-0.1, -0.05) is 30.4 Å². The van der Waals surface area contributed by atoms with E-state index in [0.29, 0.717) is 24.2 Å². The van der Waals surface area contributed by atoms with E-state index in [1.165, 1.54) is 0 Å². The molecule has 0 saturated carbocycles. The van der Waals surface area contributed by atoms with Crippen LogP contribution in [0.15, 0.2) is 36.4 Å². The summed E-state index contributed by atoms with van der Waals surface area (Å²) in [6.07, 6.45) is 0. The highest BCUT2D eigenvalue weighted by molar-refractivity contribution is 7.80. The second-order valence-electron chi connectivity index (χ2n) is 5.09. The summed E-state index contributed by atoms with van der Waals surface area (Å²) < 4.78 is 14.3. The Morgan fingerprint density at radius 3 is 2.62 bits per heavy atom. The van der Waals surface area contributed by atoms with Gasteiger partial charge in [0.1, 0.15) is 10.8 Å². The maximum Gasteiger partial charge on any atom is 0.137 e. The van der Waals surface area contributed by atoms with Crippen molar-refractivity contribution in [3.05, 3.63) is 64.7 Å². The van der Waals surface area contributed by atoms with E-state index in [9.17, 15) is 4.39 Å². The molecule has 0 aliphatic heterocycles. The second-order valence-corrected chi connectivity index (χ2v) is 5.53. The van der Waals surface area contributed by atoms with Crippen LogP contribution in [-0.4, -0.2) is 21.9 Å². The van der Waals surface area contributed by atoms with E-state index in [0.717, 1.165) is 11.4 Å². The smallest absolute Gasteiger partial charge is 0.137 e. The molecular weight excluding hydrogens is 285 g/mol. The van der Waals surface area contributed by atoms with Gasteiger partial charge in [-0.05, 0) is 32.2 Å². The number of aryl methyl sites for hydroxylation is 1. The second kappa shape index (κ2) is 6.74. The molecule has 110 valence electrons. The lowest BCUT2D eigenvalue weighted by Gasteiger charge is -2.17. The molecular formula is C16H18FN3S. The van der Waals surface area contributed by atoms with E-state index in [2.05, 4.69) is 4.98 Å². The maximum atomic E-state index is 14.3. The predicted octanol–water partition coefficient (Wildman–Crippen LogP) is 2.80. The molecule has 0 amide bonds. The maximum absolute atomic E-state index is 14.3. The summed E-state index contributed by atoms with van der Waals surface area (Å²) in [5.41, 5.74) is 8.33.